The number of aryl methyl sites for hydroxylation is 1. The summed E-state index contributed by atoms with van der Waals surface area (Å²) in [5.74, 6) is -0.234. The highest BCUT2D eigenvalue weighted by atomic mass is 19.1. The van der Waals surface area contributed by atoms with Crippen LogP contribution in [0.25, 0.3) is 0 Å². The van der Waals surface area contributed by atoms with E-state index in [-0.39, 0.29) is 12.3 Å². The normalized spacial score (nSPS) is 11.7. The maximum absolute atomic E-state index is 13.1. The lowest BCUT2D eigenvalue weighted by molar-refractivity contribution is 0.174. The van der Waals surface area contributed by atoms with Crippen LogP contribution in [0.4, 0.5) is 14.9 Å². The molecule has 0 aromatic heterocycles. The molecule has 0 spiro atoms. The van der Waals surface area contributed by atoms with Gasteiger partial charge in [-0.25, -0.2) is 9.18 Å². The number of methoxy groups -OCH3 is 1. The molecule has 1 atom stereocenters. The van der Waals surface area contributed by atoms with Crippen molar-refractivity contribution in [3.63, 3.8) is 0 Å². The molecule has 0 bridgehead atoms. The van der Waals surface area contributed by atoms with Gasteiger partial charge in [0.25, 0.3) is 0 Å². The molecule has 0 fully saturated rings. The molecular formula is C17H19FN2O3. The first-order valence-electron chi connectivity index (χ1n) is 7.13. The second-order valence-electron chi connectivity index (χ2n) is 5.05. The van der Waals surface area contributed by atoms with E-state index >= 15 is 0 Å². The average molecular weight is 318 g/mol. The molecule has 0 radical (unpaired) electrons. The van der Waals surface area contributed by atoms with E-state index in [1.54, 1.807) is 0 Å². The van der Waals surface area contributed by atoms with Crippen LogP contribution in [0.3, 0.4) is 0 Å². The minimum absolute atomic E-state index is 0.0558. The number of halogens is 1. The van der Waals surface area contributed by atoms with E-state index < -0.39 is 18.0 Å². The lowest BCUT2D eigenvalue weighted by Gasteiger charge is -2.15. The molecule has 1 unspecified atom stereocenters. The molecule has 2 aromatic carbocycles. The Balaban J connectivity index is 1.94. The lowest BCUT2D eigenvalue weighted by Crippen LogP contribution is -2.32. The summed E-state index contributed by atoms with van der Waals surface area (Å²) in [7, 11) is 1.39. The molecule has 0 heterocycles. The van der Waals surface area contributed by atoms with E-state index in [9.17, 15) is 14.3 Å². The molecule has 0 aliphatic rings. The van der Waals surface area contributed by atoms with E-state index in [4.69, 9.17) is 4.74 Å². The Morgan fingerprint density at radius 2 is 2.04 bits per heavy atom. The van der Waals surface area contributed by atoms with E-state index in [2.05, 4.69) is 10.6 Å². The van der Waals surface area contributed by atoms with Crippen molar-refractivity contribution in [1.82, 2.24) is 5.32 Å². The molecule has 2 amide bonds. The molecule has 0 saturated heterocycles. The summed E-state index contributed by atoms with van der Waals surface area (Å²) in [6.45, 7) is 1.95. The van der Waals surface area contributed by atoms with Gasteiger partial charge in [0.1, 0.15) is 11.6 Å². The van der Waals surface area contributed by atoms with Crippen molar-refractivity contribution in [3.8, 4) is 5.75 Å². The van der Waals surface area contributed by atoms with E-state index in [0.29, 0.717) is 5.69 Å². The fourth-order valence-corrected chi connectivity index (χ4v) is 2.19. The SMILES string of the molecule is COc1cc(F)ccc1NC(=O)NCC(O)c1ccccc1C. The van der Waals surface area contributed by atoms with Crippen molar-refractivity contribution >= 4 is 11.7 Å². The second-order valence-corrected chi connectivity index (χ2v) is 5.05. The minimum atomic E-state index is -0.808. The third kappa shape index (κ3) is 4.43. The molecule has 23 heavy (non-hydrogen) atoms. The Bertz CT molecular complexity index is 691. The largest absolute Gasteiger partial charge is 0.494 e. The van der Waals surface area contributed by atoms with Gasteiger partial charge in [-0.1, -0.05) is 24.3 Å². The van der Waals surface area contributed by atoms with Gasteiger partial charge in [-0.15, -0.1) is 0 Å². The van der Waals surface area contributed by atoms with E-state index in [1.165, 1.54) is 25.3 Å². The third-order valence-electron chi connectivity index (χ3n) is 3.42. The zero-order chi connectivity index (χ0) is 16.8. The third-order valence-corrected chi connectivity index (χ3v) is 3.42. The molecule has 0 aliphatic carbocycles. The van der Waals surface area contributed by atoms with Crippen LogP contribution in [0, 0.1) is 12.7 Å². The number of carbonyl (C=O) groups excluding carboxylic acids is 1. The molecule has 6 heteroatoms. The molecule has 0 saturated carbocycles. The first kappa shape index (κ1) is 16.8. The van der Waals surface area contributed by atoms with Gasteiger partial charge in [0.2, 0.25) is 0 Å². The van der Waals surface area contributed by atoms with Crippen LogP contribution in [-0.2, 0) is 0 Å². The number of anilines is 1. The van der Waals surface area contributed by atoms with Gasteiger partial charge in [0.15, 0.2) is 0 Å². The Hall–Kier alpha value is -2.60. The van der Waals surface area contributed by atoms with Crippen LogP contribution in [0.15, 0.2) is 42.5 Å². The summed E-state index contributed by atoms with van der Waals surface area (Å²) < 4.78 is 18.1. The smallest absolute Gasteiger partial charge is 0.319 e. The summed E-state index contributed by atoms with van der Waals surface area (Å²) >= 11 is 0. The molecule has 5 nitrogen and oxygen atoms in total. The van der Waals surface area contributed by atoms with Gasteiger partial charge < -0.3 is 20.5 Å². The van der Waals surface area contributed by atoms with Gasteiger partial charge in [-0.3, -0.25) is 0 Å². The number of nitrogens with one attached hydrogen (secondary N) is 2. The van der Waals surface area contributed by atoms with Gasteiger partial charge in [-0.2, -0.15) is 0 Å². The van der Waals surface area contributed by atoms with E-state index in [1.807, 2.05) is 31.2 Å². The minimum Gasteiger partial charge on any atom is -0.494 e. The summed E-state index contributed by atoms with van der Waals surface area (Å²) in [6.07, 6.45) is -0.808. The average Bonchev–Trinajstić information content (AvgIpc) is 2.54. The van der Waals surface area contributed by atoms with Crippen molar-refractivity contribution in [2.24, 2.45) is 0 Å². The number of benzene rings is 2. The summed E-state index contributed by atoms with van der Waals surface area (Å²) in [5, 5.41) is 15.3. The number of amides is 2. The van der Waals surface area contributed by atoms with Crippen LogP contribution in [0.5, 0.6) is 5.75 Å². The molecule has 2 aromatic rings. The fraction of sp³-hybridized carbons (Fsp3) is 0.235. The first-order valence-corrected chi connectivity index (χ1v) is 7.13. The Morgan fingerprint density at radius 3 is 2.74 bits per heavy atom. The quantitative estimate of drug-likeness (QED) is 0.793. The van der Waals surface area contributed by atoms with Crippen molar-refractivity contribution < 1.29 is 19.0 Å². The predicted octanol–water partition coefficient (Wildman–Crippen LogP) is 3.00. The molecule has 122 valence electrons. The number of aliphatic hydroxyl groups is 1. The van der Waals surface area contributed by atoms with Crippen molar-refractivity contribution in [1.29, 1.82) is 0 Å². The van der Waals surface area contributed by atoms with Gasteiger partial charge in [-0.05, 0) is 30.2 Å². The number of urea groups is 1. The highest BCUT2D eigenvalue weighted by molar-refractivity contribution is 5.90. The fourth-order valence-electron chi connectivity index (χ4n) is 2.19. The van der Waals surface area contributed by atoms with Crippen molar-refractivity contribution in [2.75, 3.05) is 19.0 Å². The van der Waals surface area contributed by atoms with Crippen molar-refractivity contribution in [2.45, 2.75) is 13.0 Å². The van der Waals surface area contributed by atoms with Crippen LogP contribution >= 0.6 is 0 Å². The highest BCUT2D eigenvalue weighted by Gasteiger charge is 2.13. The maximum Gasteiger partial charge on any atom is 0.319 e. The van der Waals surface area contributed by atoms with Crippen LogP contribution in [0.1, 0.15) is 17.2 Å². The predicted molar refractivity (Wildman–Crippen MR) is 86.1 cm³/mol. The van der Waals surface area contributed by atoms with E-state index in [0.717, 1.165) is 11.1 Å². The first-order chi connectivity index (χ1) is 11.0. The zero-order valence-corrected chi connectivity index (χ0v) is 13.0. The van der Waals surface area contributed by atoms with Crippen molar-refractivity contribution in [3.05, 3.63) is 59.4 Å². The standard InChI is InChI=1S/C17H19FN2O3/c1-11-5-3-4-6-13(11)15(21)10-19-17(22)20-14-8-7-12(18)9-16(14)23-2/h3-9,15,21H,10H2,1-2H3,(H2,19,20,22). The summed E-state index contributed by atoms with van der Waals surface area (Å²) in [4.78, 5) is 11.9. The monoisotopic (exact) mass is 318 g/mol. The highest BCUT2D eigenvalue weighted by Crippen LogP contribution is 2.24. The Morgan fingerprint density at radius 1 is 1.30 bits per heavy atom. The number of ether oxygens (including phenoxy) is 1. The number of hydrogen-bond acceptors (Lipinski definition) is 3. The Labute approximate surface area is 134 Å². The van der Waals surface area contributed by atoms with Gasteiger partial charge in [0, 0.05) is 12.6 Å². The Kier molecular flexibility index (Phi) is 5.54. The summed E-state index contributed by atoms with van der Waals surface area (Å²) in [6, 6.07) is 10.7. The number of hydrogen-bond donors (Lipinski definition) is 3. The number of rotatable bonds is 5. The van der Waals surface area contributed by atoms with Crippen LogP contribution < -0.4 is 15.4 Å². The van der Waals surface area contributed by atoms with Crippen LogP contribution in [0.2, 0.25) is 0 Å². The topological polar surface area (TPSA) is 70.6 Å². The zero-order valence-electron chi connectivity index (χ0n) is 13.0. The van der Waals surface area contributed by atoms with Gasteiger partial charge in [0.05, 0.1) is 18.9 Å². The van der Waals surface area contributed by atoms with Gasteiger partial charge >= 0.3 is 6.03 Å². The number of carbonyl (C=O) groups is 1. The molecule has 2 rings (SSSR count). The molecular weight excluding hydrogens is 299 g/mol. The lowest BCUT2D eigenvalue weighted by atomic mass is 10.0. The second kappa shape index (κ2) is 7.60. The molecule has 0 aliphatic heterocycles. The van der Waals surface area contributed by atoms with Crippen LogP contribution in [-0.4, -0.2) is 24.8 Å². The maximum atomic E-state index is 13.1. The molecule has 3 N–H and O–H groups in total. The number of aliphatic hydroxyl groups excluding tert-OH is 1. The summed E-state index contributed by atoms with van der Waals surface area (Å²) in [5.41, 5.74) is 2.05.